The van der Waals surface area contributed by atoms with Gasteiger partial charge in [-0.15, -0.1) is 11.3 Å². The van der Waals surface area contributed by atoms with Crippen LogP contribution in [0.25, 0.3) is 0 Å². The maximum absolute atomic E-state index is 12.3. The van der Waals surface area contributed by atoms with E-state index in [0.717, 1.165) is 4.88 Å². The highest BCUT2D eigenvalue weighted by molar-refractivity contribution is 7.12. The van der Waals surface area contributed by atoms with Crippen LogP contribution >= 0.6 is 11.3 Å². The summed E-state index contributed by atoms with van der Waals surface area (Å²) in [4.78, 5) is 30.1. The second-order valence-electron chi connectivity index (χ2n) is 4.47. The molecule has 0 aromatic carbocycles. The third-order valence-electron chi connectivity index (χ3n) is 3.07. The van der Waals surface area contributed by atoms with Crippen LogP contribution in [0.1, 0.15) is 33.2 Å². The molecule has 100 valence electrons. The van der Waals surface area contributed by atoms with Crippen LogP contribution in [0.15, 0.2) is 35.1 Å². The summed E-state index contributed by atoms with van der Waals surface area (Å²) in [5, 5.41) is 0. The van der Waals surface area contributed by atoms with Crippen molar-refractivity contribution in [2.24, 2.45) is 0 Å². The molecular formula is C14H16N2O2S. The molecule has 1 N–H and O–H groups in total. The highest BCUT2D eigenvalue weighted by Crippen LogP contribution is 2.26. The van der Waals surface area contributed by atoms with Crippen molar-refractivity contribution < 1.29 is 4.79 Å². The van der Waals surface area contributed by atoms with E-state index in [1.54, 1.807) is 35.4 Å². The lowest BCUT2D eigenvalue weighted by molar-refractivity contribution is 0.0738. The van der Waals surface area contributed by atoms with Gasteiger partial charge in [0.1, 0.15) is 5.69 Å². The molecule has 1 unspecified atom stereocenters. The number of aromatic amines is 1. The summed E-state index contributed by atoms with van der Waals surface area (Å²) in [6.07, 6.45) is 0. The molecule has 1 amide bonds. The molecule has 0 aliphatic heterocycles. The number of nitrogens with zero attached hydrogens (tertiary/aromatic N) is 1. The minimum Gasteiger partial charge on any atom is -0.333 e. The molecule has 19 heavy (non-hydrogen) atoms. The number of pyridine rings is 1. The van der Waals surface area contributed by atoms with Crippen molar-refractivity contribution >= 4 is 17.2 Å². The summed E-state index contributed by atoms with van der Waals surface area (Å²) in [6, 6.07) is 8.64. The maximum Gasteiger partial charge on any atom is 0.270 e. The van der Waals surface area contributed by atoms with Crippen LogP contribution < -0.4 is 5.56 Å². The van der Waals surface area contributed by atoms with Gasteiger partial charge in [0.05, 0.1) is 6.04 Å². The van der Waals surface area contributed by atoms with Gasteiger partial charge in [0, 0.05) is 22.9 Å². The summed E-state index contributed by atoms with van der Waals surface area (Å²) in [7, 11) is 1.74. The van der Waals surface area contributed by atoms with Crippen LogP contribution in [-0.4, -0.2) is 22.8 Å². The standard InChI is InChI=1S/C14H16N2O2S/c1-9-7-8-12(19-9)10(2)16(3)14(18)11-5-4-6-13(17)15-11/h4-8,10H,1-3H3,(H,15,17). The van der Waals surface area contributed by atoms with E-state index in [1.165, 1.54) is 10.9 Å². The lowest BCUT2D eigenvalue weighted by atomic mass is 10.2. The van der Waals surface area contributed by atoms with Gasteiger partial charge in [-0.05, 0) is 32.0 Å². The van der Waals surface area contributed by atoms with Gasteiger partial charge in [0.25, 0.3) is 5.91 Å². The Hall–Kier alpha value is -1.88. The Morgan fingerprint density at radius 1 is 1.32 bits per heavy atom. The molecule has 4 nitrogen and oxygen atoms in total. The van der Waals surface area contributed by atoms with E-state index in [0.29, 0.717) is 5.69 Å². The Morgan fingerprint density at radius 2 is 2.05 bits per heavy atom. The van der Waals surface area contributed by atoms with E-state index in [4.69, 9.17) is 0 Å². The molecule has 0 fully saturated rings. The van der Waals surface area contributed by atoms with Crippen LogP contribution in [0.2, 0.25) is 0 Å². The summed E-state index contributed by atoms with van der Waals surface area (Å²) >= 11 is 1.67. The number of carbonyl (C=O) groups is 1. The van der Waals surface area contributed by atoms with Crippen LogP contribution in [0.4, 0.5) is 0 Å². The number of thiophene rings is 1. The Kier molecular flexibility index (Phi) is 3.85. The number of H-pyrrole nitrogens is 1. The maximum atomic E-state index is 12.3. The lowest BCUT2D eigenvalue weighted by Crippen LogP contribution is -2.31. The first kappa shape index (κ1) is 13.5. The van der Waals surface area contributed by atoms with Crippen molar-refractivity contribution in [2.75, 3.05) is 7.05 Å². The minimum absolute atomic E-state index is 0.0186. The monoisotopic (exact) mass is 276 g/mol. The van der Waals surface area contributed by atoms with Crippen molar-refractivity contribution in [3.63, 3.8) is 0 Å². The van der Waals surface area contributed by atoms with E-state index in [9.17, 15) is 9.59 Å². The average molecular weight is 276 g/mol. The molecule has 5 heteroatoms. The number of carbonyl (C=O) groups excluding carboxylic acids is 1. The fraction of sp³-hybridized carbons (Fsp3) is 0.286. The average Bonchev–Trinajstić information content (AvgIpc) is 2.83. The molecule has 2 heterocycles. The molecule has 0 saturated carbocycles. The molecule has 2 aromatic heterocycles. The third-order valence-corrected chi connectivity index (χ3v) is 4.24. The summed E-state index contributed by atoms with van der Waals surface area (Å²) in [5.74, 6) is -0.184. The lowest BCUT2D eigenvalue weighted by Gasteiger charge is -2.23. The van der Waals surface area contributed by atoms with E-state index in [-0.39, 0.29) is 17.5 Å². The summed E-state index contributed by atoms with van der Waals surface area (Å²) in [6.45, 7) is 4.02. The third kappa shape index (κ3) is 2.93. The molecular weight excluding hydrogens is 260 g/mol. The van der Waals surface area contributed by atoms with Crippen LogP contribution in [0.3, 0.4) is 0 Å². The van der Waals surface area contributed by atoms with Crippen molar-refractivity contribution in [1.82, 2.24) is 9.88 Å². The number of nitrogens with one attached hydrogen (secondary N) is 1. The molecule has 0 spiro atoms. The predicted octanol–water partition coefficient (Wildman–Crippen LogP) is 2.58. The van der Waals surface area contributed by atoms with Gasteiger partial charge in [-0.1, -0.05) is 6.07 Å². The highest BCUT2D eigenvalue weighted by atomic mass is 32.1. The molecule has 2 aromatic rings. The smallest absolute Gasteiger partial charge is 0.270 e. The van der Waals surface area contributed by atoms with Crippen LogP contribution in [-0.2, 0) is 0 Å². The van der Waals surface area contributed by atoms with E-state index in [2.05, 4.69) is 4.98 Å². The highest BCUT2D eigenvalue weighted by Gasteiger charge is 2.20. The number of amides is 1. The van der Waals surface area contributed by atoms with Crippen LogP contribution in [0, 0.1) is 6.92 Å². The van der Waals surface area contributed by atoms with Crippen LogP contribution in [0.5, 0.6) is 0 Å². The largest absolute Gasteiger partial charge is 0.333 e. The van der Waals surface area contributed by atoms with Crippen molar-refractivity contribution in [3.05, 3.63) is 56.1 Å². The van der Waals surface area contributed by atoms with E-state index in [1.807, 2.05) is 26.0 Å². The van der Waals surface area contributed by atoms with Gasteiger partial charge in [-0.2, -0.15) is 0 Å². The van der Waals surface area contributed by atoms with Gasteiger partial charge in [0.2, 0.25) is 5.56 Å². The number of aryl methyl sites for hydroxylation is 1. The normalized spacial score (nSPS) is 12.2. The quantitative estimate of drug-likeness (QED) is 0.936. The van der Waals surface area contributed by atoms with Gasteiger partial charge in [-0.3, -0.25) is 9.59 Å². The predicted molar refractivity (Wildman–Crippen MR) is 76.6 cm³/mol. The number of aromatic nitrogens is 1. The number of hydrogen-bond donors (Lipinski definition) is 1. The number of hydrogen-bond acceptors (Lipinski definition) is 3. The molecule has 0 bridgehead atoms. The number of rotatable bonds is 3. The Morgan fingerprint density at radius 3 is 2.63 bits per heavy atom. The van der Waals surface area contributed by atoms with Gasteiger partial charge >= 0.3 is 0 Å². The van der Waals surface area contributed by atoms with Crippen molar-refractivity contribution in [2.45, 2.75) is 19.9 Å². The Bertz CT molecular complexity index is 645. The van der Waals surface area contributed by atoms with E-state index >= 15 is 0 Å². The first-order chi connectivity index (χ1) is 8.99. The zero-order chi connectivity index (χ0) is 14.0. The van der Waals surface area contributed by atoms with Crippen molar-refractivity contribution in [3.8, 4) is 0 Å². The van der Waals surface area contributed by atoms with Crippen molar-refractivity contribution in [1.29, 1.82) is 0 Å². The summed E-state index contributed by atoms with van der Waals surface area (Å²) in [5.41, 5.74) is 0.0500. The molecule has 0 aliphatic carbocycles. The molecule has 0 aliphatic rings. The molecule has 0 saturated heterocycles. The minimum atomic E-state index is -0.265. The first-order valence-electron chi connectivity index (χ1n) is 6.02. The van der Waals surface area contributed by atoms with Gasteiger partial charge < -0.3 is 9.88 Å². The zero-order valence-electron chi connectivity index (χ0n) is 11.1. The van der Waals surface area contributed by atoms with E-state index < -0.39 is 0 Å². The second kappa shape index (κ2) is 5.40. The topological polar surface area (TPSA) is 53.2 Å². The van der Waals surface area contributed by atoms with Gasteiger partial charge in [0.15, 0.2) is 0 Å². The fourth-order valence-electron chi connectivity index (χ4n) is 1.81. The molecule has 2 rings (SSSR count). The zero-order valence-corrected chi connectivity index (χ0v) is 12.0. The fourth-order valence-corrected chi connectivity index (χ4v) is 2.78. The SMILES string of the molecule is Cc1ccc(C(C)N(C)C(=O)c2cccc(=O)[nH]2)s1. The molecule has 0 radical (unpaired) electrons. The first-order valence-corrected chi connectivity index (χ1v) is 6.83. The second-order valence-corrected chi connectivity index (χ2v) is 5.79. The summed E-state index contributed by atoms with van der Waals surface area (Å²) < 4.78 is 0. The molecule has 1 atom stereocenters. The Labute approximate surface area is 115 Å². The Balaban J connectivity index is 2.22. The van der Waals surface area contributed by atoms with Gasteiger partial charge in [-0.25, -0.2) is 0 Å².